The molecule has 3 rings (SSSR count). The van der Waals surface area contributed by atoms with E-state index >= 15 is 0 Å². The van der Waals surface area contributed by atoms with Crippen LogP contribution in [0.15, 0.2) is 30.3 Å². The summed E-state index contributed by atoms with van der Waals surface area (Å²) in [6.07, 6.45) is -7.62. The van der Waals surface area contributed by atoms with Crippen LogP contribution < -0.4 is 9.42 Å². The van der Waals surface area contributed by atoms with Crippen LogP contribution in [-0.4, -0.2) is 41.1 Å². The van der Waals surface area contributed by atoms with Crippen molar-refractivity contribution in [2.45, 2.75) is 71.1 Å². The van der Waals surface area contributed by atoms with Crippen LogP contribution in [0.4, 0.5) is 18.9 Å². The minimum Gasteiger partial charge on any atom is -0.403 e. The van der Waals surface area contributed by atoms with Gasteiger partial charge in [-0.1, -0.05) is 24.3 Å². The van der Waals surface area contributed by atoms with E-state index in [1.807, 2.05) is 0 Å². The molecule has 0 saturated carbocycles. The summed E-state index contributed by atoms with van der Waals surface area (Å²) >= 11 is 6.11. The van der Waals surface area contributed by atoms with E-state index in [1.54, 1.807) is 65.8 Å². The lowest BCUT2D eigenvalue weighted by Crippen LogP contribution is -2.45. The summed E-state index contributed by atoms with van der Waals surface area (Å²) in [5, 5.41) is 11.1. The Morgan fingerprint density at radius 3 is 2.09 bits per heavy atom. The number of anilines is 1. The van der Waals surface area contributed by atoms with E-state index in [0.717, 1.165) is 4.90 Å². The average molecular weight is 524 g/mol. The molecule has 1 aliphatic rings. The molecule has 0 spiro atoms. The fourth-order valence-electron chi connectivity index (χ4n) is 3.90. The molecule has 0 aliphatic carbocycles. The van der Waals surface area contributed by atoms with Gasteiger partial charge in [-0.15, -0.1) is 11.6 Å². The fraction of sp³-hybridized carbons (Fsp3) is 0.565. The van der Waals surface area contributed by atoms with Crippen LogP contribution in [0.25, 0.3) is 10.8 Å². The molecule has 2 aromatic rings. The second-order valence-corrected chi connectivity index (χ2v) is 12.0. The summed E-state index contributed by atoms with van der Waals surface area (Å²) in [6, 6.07) is 8.23. The van der Waals surface area contributed by atoms with Crippen molar-refractivity contribution in [2.75, 3.05) is 17.3 Å². The van der Waals surface area contributed by atoms with Crippen molar-refractivity contribution in [1.29, 1.82) is 0 Å². The van der Waals surface area contributed by atoms with E-state index in [1.165, 1.54) is 6.07 Å². The van der Waals surface area contributed by atoms with Gasteiger partial charge in [0.25, 0.3) is 0 Å². The molecule has 0 radical (unpaired) electrons. The zero-order valence-electron chi connectivity index (χ0n) is 19.9. The van der Waals surface area contributed by atoms with Gasteiger partial charge in [-0.05, 0) is 52.5 Å². The summed E-state index contributed by atoms with van der Waals surface area (Å²) in [5.41, 5.74) is -1.16. The first kappa shape index (κ1) is 27.1. The van der Waals surface area contributed by atoms with Gasteiger partial charge in [-0.3, -0.25) is 9.05 Å². The molecule has 0 saturated heterocycles. The third-order valence-corrected chi connectivity index (χ3v) is 7.25. The number of halogens is 4. The topological polar surface area (TPSA) is 68.2 Å². The molecule has 2 aromatic carbocycles. The zero-order valence-corrected chi connectivity index (χ0v) is 21.6. The van der Waals surface area contributed by atoms with Gasteiger partial charge in [0, 0.05) is 35.5 Å². The second-order valence-electron chi connectivity index (χ2n) is 10.2. The third kappa shape index (κ3) is 6.00. The van der Waals surface area contributed by atoms with Crippen LogP contribution in [0.5, 0.6) is 5.75 Å². The van der Waals surface area contributed by atoms with E-state index in [-0.39, 0.29) is 23.9 Å². The van der Waals surface area contributed by atoms with Crippen LogP contribution >= 0.6 is 19.4 Å². The summed E-state index contributed by atoms with van der Waals surface area (Å²) in [4.78, 5) is 0.835. The van der Waals surface area contributed by atoms with Crippen molar-refractivity contribution in [2.24, 2.45) is 0 Å². The Morgan fingerprint density at radius 1 is 1.09 bits per heavy atom. The maximum Gasteiger partial charge on any atom is 0.531 e. The first-order valence-corrected chi connectivity index (χ1v) is 12.8. The van der Waals surface area contributed by atoms with Crippen molar-refractivity contribution in [1.82, 2.24) is 0 Å². The van der Waals surface area contributed by atoms with Crippen LogP contribution in [0.2, 0.25) is 0 Å². The number of phosphoric ester groups is 1. The lowest BCUT2D eigenvalue weighted by atomic mass is 9.95. The normalized spacial score (nSPS) is 18.3. The van der Waals surface area contributed by atoms with E-state index in [9.17, 15) is 22.8 Å². The molecule has 2 atom stereocenters. The maximum absolute atomic E-state index is 13.7. The molecule has 1 heterocycles. The Kier molecular flexibility index (Phi) is 7.31. The van der Waals surface area contributed by atoms with Crippen molar-refractivity contribution in [3.05, 3.63) is 35.9 Å². The second kappa shape index (κ2) is 9.17. The number of hydrogen-bond donors (Lipinski definition) is 1. The molecule has 1 N–H and O–H groups in total. The van der Waals surface area contributed by atoms with Gasteiger partial charge in [0.2, 0.25) is 6.23 Å². The molecule has 11 heteroatoms. The highest BCUT2D eigenvalue weighted by molar-refractivity contribution is 7.49. The summed E-state index contributed by atoms with van der Waals surface area (Å²) in [7, 11) is -4.24. The molecule has 6 nitrogen and oxygen atoms in total. The van der Waals surface area contributed by atoms with Crippen molar-refractivity contribution >= 4 is 35.9 Å². The van der Waals surface area contributed by atoms with Gasteiger partial charge in [-0.25, -0.2) is 4.57 Å². The average Bonchev–Trinajstić information content (AvgIpc) is 3.02. The molecule has 1 unspecified atom stereocenters. The van der Waals surface area contributed by atoms with Crippen molar-refractivity contribution in [3.8, 4) is 5.75 Å². The van der Waals surface area contributed by atoms with E-state index in [0.29, 0.717) is 16.3 Å². The predicted octanol–water partition coefficient (Wildman–Crippen LogP) is 6.98. The number of phosphoric acid groups is 1. The van der Waals surface area contributed by atoms with Crippen LogP contribution in [-0.2, 0) is 13.6 Å². The number of alkyl halides is 4. The number of nitrogens with zero attached hydrogens (tertiary/aromatic N) is 1. The minimum atomic E-state index is -4.88. The lowest BCUT2D eigenvalue weighted by molar-refractivity contribution is -0.203. The molecule has 1 aliphatic heterocycles. The molecule has 0 fully saturated rings. The van der Waals surface area contributed by atoms with Crippen LogP contribution in [0.1, 0.15) is 53.0 Å². The van der Waals surface area contributed by atoms with Gasteiger partial charge >= 0.3 is 14.0 Å². The molecular weight excluding hydrogens is 494 g/mol. The summed E-state index contributed by atoms with van der Waals surface area (Å²) in [5.74, 6) is -0.395. The Hall–Kier alpha value is -1.51. The van der Waals surface area contributed by atoms with E-state index < -0.39 is 37.3 Å². The highest BCUT2D eigenvalue weighted by Gasteiger charge is 2.47. The smallest absolute Gasteiger partial charge is 0.403 e. The van der Waals surface area contributed by atoms with Crippen molar-refractivity contribution < 1.29 is 36.4 Å². The zero-order chi connectivity index (χ0) is 25.7. The highest BCUT2D eigenvalue weighted by atomic mass is 35.5. The Labute approximate surface area is 202 Å². The number of aliphatic hydroxyl groups excluding tert-OH is 1. The number of fused-ring (bicyclic) bond motifs is 3. The Balaban J connectivity index is 2.21. The quantitative estimate of drug-likeness (QED) is 0.325. The fourth-order valence-corrected chi connectivity index (χ4v) is 6.00. The lowest BCUT2D eigenvalue weighted by Gasteiger charge is -2.32. The minimum absolute atomic E-state index is 0.0146. The summed E-state index contributed by atoms with van der Waals surface area (Å²) < 4.78 is 71.3. The van der Waals surface area contributed by atoms with Gasteiger partial charge in [0.05, 0.1) is 11.2 Å². The van der Waals surface area contributed by atoms with Crippen molar-refractivity contribution in [3.63, 3.8) is 0 Å². The molecule has 0 bridgehead atoms. The third-order valence-electron chi connectivity index (χ3n) is 4.92. The molecule has 0 aromatic heterocycles. The number of hydrogen-bond acceptors (Lipinski definition) is 6. The monoisotopic (exact) mass is 523 g/mol. The maximum atomic E-state index is 13.7. The molecular formula is C23H30ClF3NO5P. The van der Waals surface area contributed by atoms with E-state index in [4.69, 9.17) is 25.2 Å². The van der Waals surface area contributed by atoms with Gasteiger partial charge < -0.3 is 14.5 Å². The predicted molar refractivity (Wildman–Crippen MR) is 127 cm³/mol. The highest BCUT2D eigenvalue weighted by Crippen LogP contribution is 2.57. The first-order chi connectivity index (χ1) is 15.4. The Morgan fingerprint density at radius 2 is 1.62 bits per heavy atom. The van der Waals surface area contributed by atoms with Gasteiger partial charge in [0.1, 0.15) is 5.75 Å². The van der Waals surface area contributed by atoms with Gasteiger partial charge in [0.15, 0.2) is 0 Å². The van der Waals surface area contributed by atoms with E-state index in [2.05, 4.69) is 0 Å². The summed E-state index contributed by atoms with van der Waals surface area (Å²) in [6.45, 7) is 9.96. The van der Waals surface area contributed by atoms with Crippen LogP contribution in [0.3, 0.4) is 0 Å². The first-order valence-electron chi connectivity index (χ1n) is 10.8. The largest absolute Gasteiger partial charge is 0.531 e. The molecule has 34 heavy (non-hydrogen) atoms. The number of rotatable bonds is 6. The molecule has 0 amide bonds. The van der Waals surface area contributed by atoms with Gasteiger partial charge in [-0.2, -0.15) is 13.2 Å². The number of benzene rings is 2. The standard InChI is InChI=1S/C23H30ClF3NO5P/c1-21(2,3)32-34(30,33-22(4,5)6)31-18-11-17-19(16-10-8-7-9-15(16)18)14(12-24)13-28(17)20(29)23(25,26)27/h7-11,14,20,29H,12-13H2,1-6H3/t14-,20?/m1/s1. The number of aliphatic hydroxyl groups is 1. The SMILES string of the molecule is CC(C)(C)OP(=O)(Oc1cc2c(c3ccccc13)[C@H](CCl)CN2C(O)C(F)(F)F)OC(C)(C)C. The Bertz CT molecular complexity index is 1080. The van der Waals surface area contributed by atoms with Crippen LogP contribution in [0, 0.1) is 0 Å². The molecule has 190 valence electrons.